The number of hydrogen-bond donors (Lipinski definition) is 0. The molecule has 0 amide bonds. The predicted octanol–water partition coefficient (Wildman–Crippen LogP) is 15.1. The molecule has 0 N–H and O–H groups in total. The molecule has 0 rings (SSSR count). The maximum atomic E-state index is 12.7. The molecule has 0 heterocycles. The van der Waals surface area contributed by atoms with Crippen molar-refractivity contribution in [3.8, 4) is 0 Å². The zero-order valence-electron chi connectivity index (χ0n) is 36.9. The first-order valence-corrected chi connectivity index (χ1v) is 23.6. The highest BCUT2D eigenvalue weighted by atomic mass is 16.6. The lowest BCUT2D eigenvalue weighted by Crippen LogP contribution is -2.30. The van der Waals surface area contributed by atoms with Crippen LogP contribution in [0.5, 0.6) is 0 Å². The van der Waals surface area contributed by atoms with Crippen LogP contribution in [0.3, 0.4) is 0 Å². The summed E-state index contributed by atoms with van der Waals surface area (Å²) in [6.07, 6.45) is 52.5. The Morgan fingerprint density at radius 2 is 0.696 bits per heavy atom. The van der Waals surface area contributed by atoms with Gasteiger partial charge in [-0.3, -0.25) is 14.4 Å². The first kappa shape index (κ1) is 53.4. The number of carbonyl (C=O) groups excluding carboxylic acids is 3. The lowest BCUT2D eigenvalue weighted by Gasteiger charge is -2.18. The molecule has 0 fully saturated rings. The SMILES string of the molecule is CC/C=C\C/C=C\C/C=C\CCCCCCCC(=O)OC(COC(=O)CCCCCCC/C=C\CCCCCCCCC)COC(=O)CCCCCCCCC. The largest absolute Gasteiger partial charge is 0.462 e. The minimum atomic E-state index is -0.780. The monoisotopic (exact) mass is 785 g/mol. The van der Waals surface area contributed by atoms with Crippen LogP contribution in [0, 0.1) is 0 Å². The van der Waals surface area contributed by atoms with Gasteiger partial charge in [0.2, 0.25) is 0 Å². The molecule has 0 saturated heterocycles. The Balaban J connectivity index is 4.32. The third kappa shape index (κ3) is 42.5. The second-order valence-electron chi connectivity index (χ2n) is 15.6. The van der Waals surface area contributed by atoms with Crippen molar-refractivity contribution < 1.29 is 28.6 Å². The molecule has 0 aliphatic rings. The van der Waals surface area contributed by atoms with Gasteiger partial charge in [-0.15, -0.1) is 0 Å². The minimum absolute atomic E-state index is 0.0823. The number of carbonyl (C=O) groups is 3. The van der Waals surface area contributed by atoms with Gasteiger partial charge in [0, 0.05) is 19.3 Å². The summed E-state index contributed by atoms with van der Waals surface area (Å²) in [6.45, 7) is 6.46. The molecule has 56 heavy (non-hydrogen) atoms. The van der Waals surface area contributed by atoms with Crippen LogP contribution in [0.2, 0.25) is 0 Å². The Bertz CT molecular complexity index is 996. The average Bonchev–Trinajstić information content (AvgIpc) is 3.19. The second kappa shape index (κ2) is 45.1. The smallest absolute Gasteiger partial charge is 0.306 e. The molecule has 324 valence electrons. The summed E-state index contributed by atoms with van der Waals surface area (Å²) in [7, 11) is 0. The van der Waals surface area contributed by atoms with Gasteiger partial charge in [0.15, 0.2) is 6.10 Å². The first-order valence-electron chi connectivity index (χ1n) is 23.6. The molecule has 1 unspecified atom stereocenters. The summed E-state index contributed by atoms with van der Waals surface area (Å²) in [5, 5.41) is 0. The molecule has 6 heteroatoms. The quantitative estimate of drug-likeness (QED) is 0.0265. The summed E-state index contributed by atoms with van der Waals surface area (Å²) in [5.41, 5.74) is 0. The number of ether oxygens (including phenoxy) is 3. The zero-order chi connectivity index (χ0) is 40.8. The standard InChI is InChI=1S/C50H88O6/c1-4-7-10-13-16-18-20-22-24-26-27-29-31-34-37-40-43-49(52)55-46-47(45-54-48(51)42-39-36-33-15-12-9-6-3)56-50(53)44-41-38-35-32-30-28-25-23-21-19-17-14-11-8-5-2/h8,11,17,19,23-26,47H,4-7,9-10,12-16,18,20-22,27-46H2,1-3H3/b11-8-,19-17-,25-23-,26-24-. The third-order valence-electron chi connectivity index (χ3n) is 10.1. The lowest BCUT2D eigenvalue weighted by atomic mass is 10.1. The Morgan fingerprint density at radius 3 is 1.11 bits per heavy atom. The van der Waals surface area contributed by atoms with E-state index in [-0.39, 0.29) is 31.1 Å². The molecular formula is C50H88O6. The van der Waals surface area contributed by atoms with Crippen molar-refractivity contribution in [2.24, 2.45) is 0 Å². The van der Waals surface area contributed by atoms with E-state index < -0.39 is 6.10 Å². The van der Waals surface area contributed by atoms with Crippen molar-refractivity contribution in [3.63, 3.8) is 0 Å². The summed E-state index contributed by atoms with van der Waals surface area (Å²) in [5.74, 6) is -0.913. The van der Waals surface area contributed by atoms with Crippen LogP contribution in [-0.4, -0.2) is 37.2 Å². The molecule has 0 aliphatic carbocycles. The number of allylic oxidation sites excluding steroid dienone is 8. The Labute approximate surface area is 346 Å². The molecule has 0 saturated carbocycles. The number of hydrogen-bond acceptors (Lipinski definition) is 6. The lowest BCUT2D eigenvalue weighted by molar-refractivity contribution is -0.167. The van der Waals surface area contributed by atoms with Crippen molar-refractivity contribution in [3.05, 3.63) is 48.6 Å². The van der Waals surface area contributed by atoms with E-state index in [2.05, 4.69) is 69.4 Å². The molecule has 0 aromatic rings. The van der Waals surface area contributed by atoms with Gasteiger partial charge in [-0.1, -0.05) is 185 Å². The van der Waals surface area contributed by atoms with Gasteiger partial charge >= 0.3 is 17.9 Å². The molecule has 6 nitrogen and oxygen atoms in total. The molecule has 0 radical (unpaired) electrons. The van der Waals surface area contributed by atoms with Gasteiger partial charge in [0.25, 0.3) is 0 Å². The van der Waals surface area contributed by atoms with Crippen LogP contribution >= 0.6 is 0 Å². The Hall–Kier alpha value is -2.63. The summed E-state index contributed by atoms with van der Waals surface area (Å²) >= 11 is 0. The van der Waals surface area contributed by atoms with E-state index in [1.54, 1.807) is 0 Å². The van der Waals surface area contributed by atoms with Gasteiger partial charge in [0.1, 0.15) is 13.2 Å². The van der Waals surface area contributed by atoms with E-state index in [0.717, 1.165) is 103 Å². The fourth-order valence-corrected chi connectivity index (χ4v) is 6.51. The highest BCUT2D eigenvalue weighted by Crippen LogP contribution is 2.14. The first-order chi connectivity index (χ1) is 27.5. The molecule has 0 aliphatic heterocycles. The van der Waals surface area contributed by atoms with Crippen LogP contribution in [0.25, 0.3) is 0 Å². The topological polar surface area (TPSA) is 78.9 Å². The van der Waals surface area contributed by atoms with Crippen molar-refractivity contribution >= 4 is 17.9 Å². The van der Waals surface area contributed by atoms with Crippen LogP contribution in [0.15, 0.2) is 48.6 Å². The van der Waals surface area contributed by atoms with Crippen LogP contribution in [0.1, 0.15) is 233 Å². The third-order valence-corrected chi connectivity index (χ3v) is 10.1. The van der Waals surface area contributed by atoms with Crippen molar-refractivity contribution in [2.45, 2.75) is 239 Å². The summed E-state index contributed by atoms with van der Waals surface area (Å²) < 4.78 is 16.7. The Kier molecular flexibility index (Phi) is 43.0. The van der Waals surface area contributed by atoms with E-state index in [1.807, 2.05) is 0 Å². The zero-order valence-corrected chi connectivity index (χ0v) is 36.9. The molecule has 1 atom stereocenters. The number of esters is 3. The van der Waals surface area contributed by atoms with E-state index >= 15 is 0 Å². The van der Waals surface area contributed by atoms with Crippen molar-refractivity contribution in [2.75, 3.05) is 13.2 Å². The van der Waals surface area contributed by atoms with Crippen molar-refractivity contribution in [1.29, 1.82) is 0 Å². The van der Waals surface area contributed by atoms with E-state index in [1.165, 1.54) is 89.9 Å². The molecule has 0 bridgehead atoms. The second-order valence-corrected chi connectivity index (χ2v) is 15.6. The molecule has 0 aromatic heterocycles. The van der Waals surface area contributed by atoms with E-state index in [9.17, 15) is 14.4 Å². The average molecular weight is 785 g/mol. The fourth-order valence-electron chi connectivity index (χ4n) is 6.51. The maximum Gasteiger partial charge on any atom is 0.306 e. The van der Waals surface area contributed by atoms with E-state index in [0.29, 0.717) is 19.3 Å². The van der Waals surface area contributed by atoms with Gasteiger partial charge < -0.3 is 14.2 Å². The summed E-state index contributed by atoms with van der Waals surface area (Å²) in [4.78, 5) is 37.7. The van der Waals surface area contributed by atoms with Gasteiger partial charge in [-0.2, -0.15) is 0 Å². The normalized spacial score (nSPS) is 12.4. The van der Waals surface area contributed by atoms with Crippen molar-refractivity contribution in [1.82, 2.24) is 0 Å². The van der Waals surface area contributed by atoms with E-state index in [4.69, 9.17) is 14.2 Å². The highest BCUT2D eigenvalue weighted by molar-refractivity contribution is 5.71. The van der Waals surface area contributed by atoms with Gasteiger partial charge in [-0.05, 0) is 77.0 Å². The van der Waals surface area contributed by atoms with Crippen LogP contribution in [0.4, 0.5) is 0 Å². The predicted molar refractivity (Wildman–Crippen MR) is 238 cm³/mol. The van der Waals surface area contributed by atoms with Crippen LogP contribution < -0.4 is 0 Å². The molecule has 0 aromatic carbocycles. The summed E-state index contributed by atoms with van der Waals surface area (Å²) in [6, 6.07) is 0. The fraction of sp³-hybridized carbons (Fsp3) is 0.780. The molecule has 0 spiro atoms. The highest BCUT2D eigenvalue weighted by Gasteiger charge is 2.19. The molecular weight excluding hydrogens is 697 g/mol. The van der Waals surface area contributed by atoms with Gasteiger partial charge in [-0.25, -0.2) is 0 Å². The number of unbranched alkanes of at least 4 members (excludes halogenated alkanes) is 23. The van der Waals surface area contributed by atoms with Gasteiger partial charge in [0.05, 0.1) is 0 Å². The number of rotatable bonds is 42. The van der Waals surface area contributed by atoms with Crippen LogP contribution in [-0.2, 0) is 28.6 Å². The minimum Gasteiger partial charge on any atom is -0.462 e. The maximum absolute atomic E-state index is 12.7. The Morgan fingerprint density at radius 1 is 0.375 bits per heavy atom.